The molecule has 1 aromatic heterocycles. The van der Waals surface area contributed by atoms with E-state index in [0.717, 1.165) is 37.6 Å². The number of nitrogens with one attached hydrogen (secondary N) is 1. The van der Waals surface area contributed by atoms with Crippen LogP contribution in [0, 0.1) is 17.8 Å². The maximum Gasteiger partial charge on any atom is 0.419 e. The molecule has 1 aliphatic rings. The van der Waals surface area contributed by atoms with Crippen LogP contribution in [0.4, 0.5) is 24.8 Å². The Hall–Kier alpha value is -2.48. The maximum absolute atomic E-state index is 13.7. The van der Waals surface area contributed by atoms with Crippen molar-refractivity contribution in [2.24, 2.45) is 17.8 Å². The van der Waals surface area contributed by atoms with Crippen LogP contribution in [0.15, 0.2) is 30.5 Å². The third-order valence-electron chi connectivity index (χ3n) is 5.99. The van der Waals surface area contributed by atoms with Crippen molar-refractivity contribution in [3.8, 4) is 0 Å². The van der Waals surface area contributed by atoms with Crippen LogP contribution in [0.25, 0.3) is 0 Å². The van der Waals surface area contributed by atoms with Crippen LogP contribution in [0.3, 0.4) is 0 Å². The first-order valence-corrected chi connectivity index (χ1v) is 11.5. The van der Waals surface area contributed by atoms with Gasteiger partial charge in [-0.25, -0.2) is 9.97 Å². The molecule has 0 saturated heterocycles. The molecule has 34 heavy (non-hydrogen) atoms. The normalized spacial score (nSPS) is 18.3. The largest absolute Gasteiger partial charge is 0.419 e. The van der Waals surface area contributed by atoms with Gasteiger partial charge in [-0.3, -0.25) is 4.79 Å². The van der Waals surface area contributed by atoms with Crippen molar-refractivity contribution in [3.05, 3.63) is 47.3 Å². The number of Topliss-reactive ketones (excluding diaryl/α,β-unsaturated/α-hetero) is 1. The molecule has 1 N–H and O–H groups in total. The predicted molar refractivity (Wildman–Crippen MR) is 130 cm³/mol. The number of anilines is 2. The van der Waals surface area contributed by atoms with Crippen LogP contribution in [0.1, 0.15) is 63.8 Å². The summed E-state index contributed by atoms with van der Waals surface area (Å²) in [5.74, 6) is 0.211. The van der Waals surface area contributed by atoms with E-state index in [1.807, 2.05) is 57.1 Å². The average Bonchev–Trinajstić information content (AvgIpc) is 3.15. The summed E-state index contributed by atoms with van der Waals surface area (Å²) in [7, 11) is 3.93. The number of hydrogen-bond acceptors (Lipinski definition) is 5. The molecule has 0 bridgehead atoms. The number of nitrogens with zero attached hydrogens (tertiary/aromatic N) is 3. The van der Waals surface area contributed by atoms with E-state index in [2.05, 4.69) is 15.3 Å². The van der Waals surface area contributed by atoms with E-state index in [1.54, 1.807) is 0 Å². The number of carbonyl (C=O) groups is 1. The van der Waals surface area contributed by atoms with Gasteiger partial charge in [-0.2, -0.15) is 13.2 Å². The molecule has 0 spiro atoms. The smallest absolute Gasteiger partial charge is 0.324 e. The minimum atomic E-state index is -4.55. The fraction of sp³-hybridized carbons (Fsp3) is 0.577. The molecule has 2 atom stereocenters. The lowest BCUT2D eigenvalue weighted by Gasteiger charge is -2.21. The highest BCUT2D eigenvalue weighted by molar-refractivity contribution is 5.81. The lowest BCUT2D eigenvalue weighted by atomic mass is 9.84. The second-order valence-corrected chi connectivity index (χ2v) is 9.68. The van der Waals surface area contributed by atoms with Crippen molar-refractivity contribution < 1.29 is 18.0 Å². The fourth-order valence-electron chi connectivity index (χ4n) is 4.62. The summed E-state index contributed by atoms with van der Waals surface area (Å²) >= 11 is 0. The van der Waals surface area contributed by atoms with Gasteiger partial charge in [0.15, 0.2) is 0 Å². The van der Waals surface area contributed by atoms with Gasteiger partial charge in [-0.05, 0) is 62.9 Å². The standard InChI is InChI=1S/C25H33F3N4O.CH4/c1-16(2)11-23(33)20-10-6-8-18(20)13-22-21(25(26,27)28)14-29-24(31-22)30-19-9-5-7-17(12-19)15-32(3)4;/h5,7,9,12,14,16,18,20H,6,8,10-11,13,15H2,1-4H3,(H,29,30,31);1H4/t18-,20-;/m0./s1. The fourth-order valence-corrected chi connectivity index (χ4v) is 4.62. The molecule has 1 heterocycles. The Bertz CT molecular complexity index is 959. The number of alkyl halides is 3. The molecule has 0 unspecified atom stereocenters. The van der Waals surface area contributed by atoms with Gasteiger partial charge in [-0.1, -0.05) is 39.8 Å². The number of hydrogen-bond donors (Lipinski definition) is 1. The van der Waals surface area contributed by atoms with Crippen LogP contribution >= 0.6 is 0 Å². The van der Waals surface area contributed by atoms with Gasteiger partial charge < -0.3 is 10.2 Å². The van der Waals surface area contributed by atoms with E-state index in [9.17, 15) is 18.0 Å². The first-order valence-electron chi connectivity index (χ1n) is 11.5. The van der Waals surface area contributed by atoms with Crippen LogP contribution in [-0.2, 0) is 23.9 Å². The Kier molecular flexibility index (Phi) is 9.62. The molecule has 1 fully saturated rings. The van der Waals surface area contributed by atoms with Crippen molar-refractivity contribution in [2.75, 3.05) is 19.4 Å². The maximum atomic E-state index is 13.7. The van der Waals surface area contributed by atoms with Crippen LogP contribution in [-0.4, -0.2) is 34.7 Å². The van der Waals surface area contributed by atoms with Crippen LogP contribution < -0.4 is 5.32 Å². The summed E-state index contributed by atoms with van der Waals surface area (Å²) in [5, 5.41) is 3.05. The Morgan fingerprint density at radius 1 is 1.24 bits per heavy atom. The molecule has 1 aromatic carbocycles. The Morgan fingerprint density at radius 3 is 2.62 bits per heavy atom. The summed E-state index contributed by atoms with van der Waals surface area (Å²) in [6.07, 6.45) is -0.759. The predicted octanol–water partition coefficient (Wildman–Crippen LogP) is 6.51. The zero-order chi connectivity index (χ0) is 24.2. The Morgan fingerprint density at radius 2 is 1.97 bits per heavy atom. The molecule has 188 valence electrons. The van der Waals surface area contributed by atoms with Crippen molar-refractivity contribution in [3.63, 3.8) is 0 Å². The highest BCUT2D eigenvalue weighted by Gasteiger charge is 2.38. The topological polar surface area (TPSA) is 58.1 Å². The van der Waals surface area contributed by atoms with Gasteiger partial charge in [-0.15, -0.1) is 0 Å². The minimum Gasteiger partial charge on any atom is -0.324 e. The number of benzene rings is 1. The van der Waals surface area contributed by atoms with Crippen molar-refractivity contribution >= 4 is 17.4 Å². The number of halogens is 3. The van der Waals surface area contributed by atoms with Gasteiger partial charge in [0.25, 0.3) is 0 Å². The van der Waals surface area contributed by atoms with Crippen molar-refractivity contribution in [2.45, 2.75) is 66.1 Å². The van der Waals surface area contributed by atoms with E-state index < -0.39 is 11.7 Å². The lowest BCUT2D eigenvalue weighted by molar-refractivity contribution is -0.138. The summed E-state index contributed by atoms with van der Waals surface area (Å²) in [6.45, 7) is 4.71. The van der Waals surface area contributed by atoms with Gasteiger partial charge in [0.2, 0.25) is 5.95 Å². The van der Waals surface area contributed by atoms with Crippen molar-refractivity contribution in [1.82, 2.24) is 14.9 Å². The van der Waals surface area contributed by atoms with E-state index in [4.69, 9.17) is 0 Å². The Balaban J connectivity index is 0.00000408. The first kappa shape index (κ1) is 27.8. The number of carbonyl (C=O) groups excluding carboxylic acids is 1. The van der Waals surface area contributed by atoms with Crippen LogP contribution in [0.2, 0.25) is 0 Å². The van der Waals surface area contributed by atoms with Gasteiger partial charge >= 0.3 is 6.18 Å². The van der Waals surface area contributed by atoms with E-state index in [0.29, 0.717) is 12.1 Å². The van der Waals surface area contributed by atoms with Crippen molar-refractivity contribution in [1.29, 1.82) is 0 Å². The molecule has 2 aromatic rings. The molecule has 0 radical (unpaired) electrons. The quantitative estimate of drug-likeness (QED) is 0.445. The zero-order valence-electron chi connectivity index (χ0n) is 19.7. The molecular formula is C26H37F3N4O. The molecule has 3 rings (SSSR count). The molecule has 8 heteroatoms. The summed E-state index contributed by atoms with van der Waals surface area (Å²) in [4.78, 5) is 22.9. The highest BCUT2D eigenvalue weighted by Crippen LogP contribution is 2.39. The zero-order valence-corrected chi connectivity index (χ0v) is 19.7. The van der Waals surface area contributed by atoms with Gasteiger partial charge in [0.1, 0.15) is 5.78 Å². The Labute approximate surface area is 201 Å². The third kappa shape index (κ3) is 7.52. The number of aromatic nitrogens is 2. The van der Waals surface area contributed by atoms with E-state index >= 15 is 0 Å². The average molecular weight is 479 g/mol. The highest BCUT2D eigenvalue weighted by atomic mass is 19.4. The summed E-state index contributed by atoms with van der Waals surface area (Å²) < 4.78 is 41.1. The second kappa shape index (κ2) is 11.8. The minimum absolute atomic E-state index is 0. The van der Waals surface area contributed by atoms with Gasteiger partial charge in [0, 0.05) is 30.8 Å². The third-order valence-corrected chi connectivity index (χ3v) is 5.99. The monoisotopic (exact) mass is 478 g/mol. The van der Waals surface area contributed by atoms with E-state index in [1.165, 1.54) is 0 Å². The number of ketones is 1. The molecule has 0 aliphatic heterocycles. The molecule has 0 amide bonds. The number of rotatable bonds is 9. The first-order chi connectivity index (χ1) is 15.5. The second-order valence-electron chi connectivity index (χ2n) is 9.68. The lowest BCUT2D eigenvalue weighted by Crippen LogP contribution is -2.24. The van der Waals surface area contributed by atoms with Crippen LogP contribution in [0.5, 0.6) is 0 Å². The molecule has 5 nitrogen and oxygen atoms in total. The van der Waals surface area contributed by atoms with Gasteiger partial charge in [0.05, 0.1) is 11.3 Å². The molecule has 1 saturated carbocycles. The SMILES string of the molecule is C.CC(C)CC(=O)[C@H]1CCC[C@H]1Cc1nc(Nc2cccc(CN(C)C)c2)ncc1C(F)(F)F. The summed E-state index contributed by atoms with van der Waals surface area (Å²) in [5.41, 5.74) is 0.913. The summed E-state index contributed by atoms with van der Waals surface area (Å²) in [6, 6.07) is 7.63. The molecular weight excluding hydrogens is 441 g/mol. The molecule has 1 aliphatic carbocycles. The van der Waals surface area contributed by atoms with E-state index in [-0.39, 0.29) is 49.0 Å².